The van der Waals surface area contributed by atoms with Gasteiger partial charge in [0.05, 0.1) is 22.3 Å². The van der Waals surface area contributed by atoms with Crippen molar-refractivity contribution in [3.63, 3.8) is 0 Å². The summed E-state index contributed by atoms with van der Waals surface area (Å²) in [6.45, 7) is 2.27. The average Bonchev–Trinajstić information content (AvgIpc) is 3.11. The number of hydrogen-bond acceptors (Lipinski definition) is 2. The van der Waals surface area contributed by atoms with Crippen LogP contribution in [0.1, 0.15) is 36.5 Å². The summed E-state index contributed by atoms with van der Waals surface area (Å²) in [5.74, 6) is 0.679. The molecule has 2 aromatic heterocycles. The van der Waals surface area contributed by atoms with Gasteiger partial charge in [0.25, 0.3) is 0 Å². The van der Waals surface area contributed by atoms with E-state index in [1.54, 1.807) is 0 Å². The maximum absolute atomic E-state index is 10.00. The first-order chi connectivity index (χ1) is 13.3. The van der Waals surface area contributed by atoms with Crippen LogP contribution in [0.4, 0.5) is 0 Å². The van der Waals surface area contributed by atoms with Gasteiger partial charge in [0.15, 0.2) is 5.65 Å². The van der Waals surface area contributed by atoms with Crippen LogP contribution in [0.5, 0.6) is 0 Å². The first-order valence-corrected chi connectivity index (χ1v) is 9.72. The highest BCUT2D eigenvalue weighted by atomic mass is 15.0. The molecule has 27 heavy (non-hydrogen) atoms. The third-order valence-electron chi connectivity index (χ3n) is 5.99. The van der Waals surface area contributed by atoms with E-state index in [4.69, 9.17) is 4.98 Å². The number of rotatable bonds is 2. The third kappa shape index (κ3) is 2.37. The molecule has 1 atom stereocenters. The number of nitriles is 1. The Morgan fingerprint density at radius 3 is 2.63 bits per heavy atom. The second-order valence-corrected chi connectivity index (χ2v) is 7.44. The lowest BCUT2D eigenvalue weighted by atomic mass is 9.79. The molecule has 1 aliphatic rings. The van der Waals surface area contributed by atoms with Crippen LogP contribution in [0, 0.1) is 17.2 Å². The van der Waals surface area contributed by atoms with Crippen LogP contribution in [0.25, 0.3) is 27.9 Å². The van der Waals surface area contributed by atoms with E-state index in [1.165, 1.54) is 28.8 Å². The Kier molecular flexibility index (Phi) is 3.72. The Hall–Kier alpha value is -3.12. The minimum absolute atomic E-state index is 0.679. The van der Waals surface area contributed by atoms with Crippen molar-refractivity contribution in [1.82, 2.24) is 9.38 Å². The molecule has 3 nitrogen and oxygen atoms in total. The van der Waals surface area contributed by atoms with Crippen molar-refractivity contribution in [3.8, 4) is 17.3 Å². The highest BCUT2D eigenvalue weighted by Gasteiger charge is 2.28. The lowest BCUT2D eigenvalue weighted by Crippen LogP contribution is -2.18. The summed E-state index contributed by atoms with van der Waals surface area (Å²) in [5.41, 5.74) is 8.54. The maximum atomic E-state index is 10.00. The number of para-hydroxylation sites is 2. The van der Waals surface area contributed by atoms with E-state index in [-0.39, 0.29) is 0 Å². The highest BCUT2D eigenvalue weighted by Crippen LogP contribution is 2.39. The molecule has 0 amide bonds. The van der Waals surface area contributed by atoms with E-state index >= 15 is 0 Å². The van der Waals surface area contributed by atoms with Crippen LogP contribution in [0.2, 0.25) is 0 Å². The Bertz CT molecular complexity index is 1200. The van der Waals surface area contributed by atoms with Crippen molar-refractivity contribution >= 4 is 16.7 Å². The molecule has 132 valence electrons. The van der Waals surface area contributed by atoms with Crippen molar-refractivity contribution in [2.24, 2.45) is 5.92 Å². The molecule has 0 saturated heterocycles. The molecule has 0 fully saturated rings. The molecule has 0 unspecified atom stereocenters. The van der Waals surface area contributed by atoms with E-state index < -0.39 is 0 Å². The number of pyridine rings is 1. The lowest BCUT2D eigenvalue weighted by Gasteiger charge is -2.28. The topological polar surface area (TPSA) is 41.1 Å². The van der Waals surface area contributed by atoms with Crippen molar-refractivity contribution in [1.29, 1.82) is 5.26 Å². The maximum Gasteiger partial charge on any atom is 0.156 e. The molecule has 0 radical (unpaired) electrons. The minimum Gasteiger partial charge on any atom is -0.291 e. The summed E-state index contributed by atoms with van der Waals surface area (Å²) < 4.78 is 2.22. The molecule has 3 heteroatoms. The van der Waals surface area contributed by atoms with Crippen LogP contribution < -0.4 is 0 Å². The fourth-order valence-electron chi connectivity index (χ4n) is 4.58. The fourth-order valence-corrected chi connectivity index (χ4v) is 4.58. The number of benzene rings is 2. The Balaban J connectivity index is 1.99. The smallest absolute Gasteiger partial charge is 0.156 e. The second-order valence-electron chi connectivity index (χ2n) is 7.44. The molecule has 0 bridgehead atoms. The van der Waals surface area contributed by atoms with Crippen molar-refractivity contribution in [2.45, 2.75) is 32.6 Å². The number of aromatic nitrogens is 2. The zero-order valence-electron chi connectivity index (χ0n) is 15.4. The fraction of sp³-hybridized carbons (Fsp3) is 0.250. The van der Waals surface area contributed by atoms with Gasteiger partial charge in [-0.25, -0.2) is 4.98 Å². The predicted molar refractivity (Wildman–Crippen MR) is 109 cm³/mol. The molecule has 4 aromatic rings. The summed E-state index contributed by atoms with van der Waals surface area (Å²) in [7, 11) is 0. The predicted octanol–water partition coefficient (Wildman–Crippen LogP) is 5.54. The molecule has 0 N–H and O–H groups in total. The SMILES string of the molecule is CC[C@@H]1CCc2c(c(-c3ccccc3)n3c(nc4ccccc43)c2C#N)C1. The monoisotopic (exact) mass is 351 g/mol. The molecule has 2 aromatic carbocycles. The molecule has 0 spiro atoms. The number of imidazole rings is 1. The number of hydrogen-bond donors (Lipinski definition) is 0. The quantitative estimate of drug-likeness (QED) is 0.476. The molecular weight excluding hydrogens is 330 g/mol. The summed E-state index contributed by atoms with van der Waals surface area (Å²) in [5, 5.41) is 10.00. The number of nitrogens with zero attached hydrogens (tertiary/aromatic N) is 3. The molecule has 0 saturated carbocycles. The van der Waals surface area contributed by atoms with Crippen LogP contribution in [0.15, 0.2) is 54.6 Å². The molecule has 1 aliphatic carbocycles. The largest absolute Gasteiger partial charge is 0.291 e. The van der Waals surface area contributed by atoms with Gasteiger partial charge < -0.3 is 0 Å². The number of fused-ring (bicyclic) bond motifs is 4. The lowest BCUT2D eigenvalue weighted by molar-refractivity contribution is 0.444. The van der Waals surface area contributed by atoms with E-state index in [0.29, 0.717) is 5.92 Å². The van der Waals surface area contributed by atoms with E-state index in [1.807, 2.05) is 18.2 Å². The van der Waals surface area contributed by atoms with Gasteiger partial charge in [0.1, 0.15) is 6.07 Å². The zero-order valence-corrected chi connectivity index (χ0v) is 15.4. The molecule has 2 heterocycles. The van der Waals surface area contributed by atoms with Gasteiger partial charge in [0, 0.05) is 0 Å². The van der Waals surface area contributed by atoms with Gasteiger partial charge in [0.2, 0.25) is 0 Å². The minimum atomic E-state index is 0.679. The first-order valence-electron chi connectivity index (χ1n) is 9.72. The van der Waals surface area contributed by atoms with E-state index in [0.717, 1.165) is 41.5 Å². The van der Waals surface area contributed by atoms with Gasteiger partial charge in [-0.2, -0.15) is 5.26 Å². The summed E-state index contributed by atoms with van der Waals surface area (Å²) in [6, 6.07) is 21.3. The standard InChI is InChI=1S/C24H21N3/c1-2-16-12-13-18-19(14-16)23(17-8-4-3-5-9-17)27-22-11-7-6-10-21(22)26-24(27)20(18)15-25/h3-11,16H,2,12-14H2,1H3/t16-/m1/s1. The van der Waals surface area contributed by atoms with Gasteiger partial charge in [-0.15, -0.1) is 0 Å². The summed E-state index contributed by atoms with van der Waals surface area (Å²) in [4.78, 5) is 4.86. The van der Waals surface area contributed by atoms with Crippen LogP contribution in [-0.2, 0) is 12.8 Å². The Morgan fingerprint density at radius 2 is 1.85 bits per heavy atom. The zero-order chi connectivity index (χ0) is 18.4. The van der Waals surface area contributed by atoms with Crippen LogP contribution in [-0.4, -0.2) is 9.38 Å². The summed E-state index contributed by atoms with van der Waals surface area (Å²) >= 11 is 0. The van der Waals surface area contributed by atoms with Gasteiger partial charge in [-0.1, -0.05) is 55.8 Å². The Morgan fingerprint density at radius 1 is 1.07 bits per heavy atom. The van der Waals surface area contributed by atoms with E-state index in [2.05, 4.69) is 53.8 Å². The molecule has 5 rings (SSSR count). The van der Waals surface area contributed by atoms with Crippen molar-refractivity contribution < 1.29 is 0 Å². The Labute approximate surface area is 158 Å². The highest BCUT2D eigenvalue weighted by molar-refractivity contribution is 5.87. The van der Waals surface area contributed by atoms with Gasteiger partial charge in [-0.05, 0) is 54.0 Å². The van der Waals surface area contributed by atoms with Gasteiger partial charge in [-0.3, -0.25) is 4.40 Å². The van der Waals surface area contributed by atoms with E-state index in [9.17, 15) is 5.26 Å². The second kappa shape index (κ2) is 6.25. The van der Waals surface area contributed by atoms with Crippen molar-refractivity contribution in [2.75, 3.05) is 0 Å². The third-order valence-corrected chi connectivity index (χ3v) is 5.99. The normalized spacial score (nSPS) is 16.4. The van der Waals surface area contributed by atoms with Crippen molar-refractivity contribution in [3.05, 3.63) is 71.3 Å². The summed E-state index contributed by atoms with van der Waals surface area (Å²) in [6.07, 6.45) is 4.34. The van der Waals surface area contributed by atoms with Gasteiger partial charge >= 0.3 is 0 Å². The van der Waals surface area contributed by atoms with Crippen LogP contribution >= 0.6 is 0 Å². The van der Waals surface area contributed by atoms with Crippen LogP contribution in [0.3, 0.4) is 0 Å². The molecule has 0 aliphatic heterocycles. The molecular formula is C24H21N3. The average molecular weight is 351 g/mol. The first kappa shape index (κ1) is 16.1.